The Bertz CT molecular complexity index is 2200. The highest BCUT2D eigenvalue weighted by molar-refractivity contribution is 5.95. The highest BCUT2D eigenvalue weighted by Crippen LogP contribution is 2.37. The summed E-state index contributed by atoms with van der Waals surface area (Å²) in [6.07, 6.45) is 3.07. The van der Waals surface area contributed by atoms with Gasteiger partial charge in [-0.25, -0.2) is 0 Å². The first-order valence-electron chi connectivity index (χ1n) is 19.4. The monoisotopic (exact) mass is 751 g/mol. The molecule has 0 N–H and O–H groups in total. The van der Waals surface area contributed by atoms with Crippen LogP contribution < -0.4 is 25.2 Å². The van der Waals surface area contributed by atoms with Gasteiger partial charge in [0.2, 0.25) is 5.91 Å². The van der Waals surface area contributed by atoms with Gasteiger partial charge in [-0.1, -0.05) is 29.8 Å². The number of ether oxygens (including phenoxy) is 6. The average molecular weight is 752 g/mol. The molecule has 0 aliphatic carbocycles. The highest BCUT2D eigenvalue weighted by atomic mass is 16.6. The summed E-state index contributed by atoms with van der Waals surface area (Å²) in [5.41, 5.74) is 10.2. The van der Waals surface area contributed by atoms with Crippen LogP contribution >= 0.6 is 0 Å². The summed E-state index contributed by atoms with van der Waals surface area (Å²) in [7, 11) is 0. The van der Waals surface area contributed by atoms with Crippen LogP contribution in [0.25, 0.3) is 22.5 Å². The number of pyridine rings is 2. The summed E-state index contributed by atoms with van der Waals surface area (Å²) in [5.74, 6) is 1.37. The summed E-state index contributed by atoms with van der Waals surface area (Å²) in [6.45, 7) is 12.3. The molecule has 0 radical (unpaired) electrons. The molecule has 0 bridgehead atoms. The lowest BCUT2D eigenvalue weighted by Crippen LogP contribution is -2.34. The normalized spacial score (nSPS) is 20.1. The van der Waals surface area contributed by atoms with Crippen molar-refractivity contribution in [2.75, 3.05) is 64.3 Å². The molecular formula is C43H49N3O9. The van der Waals surface area contributed by atoms with E-state index in [1.807, 2.05) is 30.9 Å². The topological polar surface area (TPSA) is 120 Å². The van der Waals surface area contributed by atoms with Crippen LogP contribution in [-0.2, 0) is 49.7 Å². The first-order chi connectivity index (χ1) is 26.7. The van der Waals surface area contributed by atoms with Crippen LogP contribution in [0.1, 0.15) is 40.7 Å². The van der Waals surface area contributed by atoms with Gasteiger partial charge in [-0.05, 0) is 63.3 Å². The molecule has 12 nitrogen and oxygen atoms in total. The molecule has 9 rings (SSSR count). The van der Waals surface area contributed by atoms with Crippen LogP contribution in [0.3, 0.4) is 0 Å². The predicted molar refractivity (Wildman–Crippen MR) is 208 cm³/mol. The SMILES string of the molecule is Cc1c2n(c(OC[C@@H]3COCCO3)cc1=O)CCc1cc(N3CCCC3=O)ccc1-2.Cc1ccc2c(c1)CCn1c(OC[C@@H]3COCCO3)cc(=O)c(C)c1-2. The maximum absolute atomic E-state index is 12.7. The number of aromatic nitrogens is 2. The van der Waals surface area contributed by atoms with E-state index < -0.39 is 0 Å². The quantitative estimate of drug-likeness (QED) is 0.263. The summed E-state index contributed by atoms with van der Waals surface area (Å²) >= 11 is 0. The fourth-order valence-corrected chi connectivity index (χ4v) is 8.19. The van der Waals surface area contributed by atoms with Crippen molar-refractivity contribution in [2.45, 2.75) is 71.8 Å². The van der Waals surface area contributed by atoms with Crippen molar-refractivity contribution >= 4 is 11.6 Å². The maximum atomic E-state index is 12.7. The third kappa shape index (κ3) is 7.73. The second kappa shape index (κ2) is 16.2. The van der Waals surface area contributed by atoms with Crippen molar-refractivity contribution in [1.82, 2.24) is 9.13 Å². The molecule has 7 heterocycles. The van der Waals surface area contributed by atoms with Crippen molar-refractivity contribution in [1.29, 1.82) is 0 Å². The van der Waals surface area contributed by atoms with E-state index in [-0.39, 0.29) is 29.0 Å². The van der Waals surface area contributed by atoms with E-state index in [2.05, 4.69) is 40.3 Å². The third-order valence-corrected chi connectivity index (χ3v) is 11.1. The van der Waals surface area contributed by atoms with Gasteiger partial charge in [0.15, 0.2) is 22.6 Å². The number of amides is 1. The highest BCUT2D eigenvalue weighted by Gasteiger charge is 2.27. The molecule has 12 heteroatoms. The zero-order chi connectivity index (χ0) is 38.1. The second-order valence-electron chi connectivity index (χ2n) is 14.9. The Morgan fingerprint density at radius 1 is 0.636 bits per heavy atom. The number of hydrogen-bond acceptors (Lipinski definition) is 9. The fourth-order valence-electron chi connectivity index (χ4n) is 8.19. The minimum absolute atomic E-state index is 0.00971. The van der Waals surface area contributed by atoms with Crippen molar-refractivity contribution in [2.24, 2.45) is 0 Å². The average Bonchev–Trinajstić information content (AvgIpc) is 3.65. The molecule has 0 saturated carbocycles. The van der Waals surface area contributed by atoms with E-state index in [9.17, 15) is 14.4 Å². The van der Waals surface area contributed by atoms with Crippen LogP contribution in [-0.4, -0.2) is 86.6 Å². The molecule has 0 unspecified atom stereocenters. The summed E-state index contributed by atoms with van der Waals surface area (Å²) in [5, 5.41) is 0. The molecule has 2 aromatic heterocycles. The number of hydrogen-bond donors (Lipinski definition) is 0. The van der Waals surface area contributed by atoms with Crippen molar-refractivity contribution in [3.05, 3.63) is 96.8 Å². The van der Waals surface area contributed by atoms with Gasteiger partial charge in [0, 0.05) is 66.1 Å². The van der Waals surface area contributed by atoms with Crippen LogP contribution in [0, 0.1) is 20.8 Å². The molecule has 290 valence electrons. The smallest absolute Gasteiger partial charge is 0.227 e. The number of aryl methyl sites for hydroxylation is 3. The Morgan fingerprint density at radius 2 is 1.18 bits per heavy atom. The van der Waals surface area contributed by atoms with Gasteiger partial charge in [0.25, 0.3) is 0 Å². The Balaban J connectivity index is 0.000000158. The molecule has 5 aliphatic heterocycles. The summed E-state index contributed by atoms with van der Waals surface area (Å²) in [6, 6.07) is 15.7. The number of carbonyl (C=O) groups is 1. The summed E-state index contributed by atoms with van der Waals surface area (Å²) in [4.78, 5) is 39.2. The number of carbonyl (C=O) groups excluding carboxylic acids is 1. The molecule has 3 saturated heterocycles. The van der Waals surface area contributed by atoms with Gasteiger partial charge in [0.1, 0.15) is 25.4 Å². The zero-order valence-corrected chi connectivity index (χ0v) is 31.9. The molecule has 3 fully saturated rings. The van der Waals surface area contributed by atoms with E-state index in [0.717, 1.165) is 78.2 Å². The minimum atomic E-state index is -0.122. The van der Waals surface area contributed by atoms with E-state index in [1.54, 1.807) is 12.1 Å². The minimum Gasteiger partial charge on any atom is -0.476 e. The van der Waals surface area contributed by atoms with Gasteiger partial charge < -0.3 is 42.5 Å². The van der Waals surface area contributed by atoms with Crippen LogP contribution in [0.5, 0.6) is 11.8 Å². The Morgan fingerprint density at radius 3 is 1.69 bits per heavy atom. The van der Waals surface area contributed by atoms with Crippen molar-refractivity contribution in [3.8, 4) is 34.3 Å². The van der Waals surface area contributed by atoms with Gasteiger partial charge in [-0.2, -0.15) is 0 Å². The van der Waals surface area contributed by atoms with Crippen molar-refractivity contribution in [3.63, 3.8) is 0 Å². The number of benzene rings is 2. The molecule has 2 atom stereocenters. The second-order valence-corrected chi connectivity index (χ2v) is 14.9. The third-order valence-electron chi connectivity index (χ3n) is 11.1. The molecule has 2 aromatic carbocycles. The lowest BCUT2D eigenvalue weighted by Gasteiger charge is -2.29. The molecule has 55 heavy (non-hydrogen) atoms. The van der Waals surface area contributed by atoms with Crippen LogP contribution in [0.15, 0.2) is 58.1 Å². The molecule has 4 aromatic rings. The van der Waals surface area contributed by atoms with E-state index in [1.165, 1.54) is 11.1 Å². The molecule has 5 aliphatic rings. The standard InChI is InChI=1S/C23H26N2O5.C20H23NO4/c1-15-20(26)12-22(30-14-18-13-28-9-10-29-18)25-8-6-16-11-17(4-5-19(16)23(15)25)24-7-2-3-21(24)27;1-13-3-4-17-15(9-13)5-6-21-19(10-18(22)14(2)20(17)21)25-12-16-11-23-7-8-24-16/h4-5,11-12,18H,2-3,6-10,13-14H2,1H3;3-4,9-10,16H,5-8,11-12H2,1-2H3/t18-;16-/m00/s1. The maximum Gasteiger partial charge on any atom is 0.227 e. The van der Waals surface area contributed by atoms with E-state index in [4.69, 9.17) is 28.4 Å². The number of fused-ring (bicyclic) bond motifs is 6. The summed E-state index contributed by atoms with van der Waals surface area (Å²) < 4.78 is 38.3. The molecular weight excluding hydrogens is 702 g/mol. The fraction of sp³-hybridized carbons (Fsp3) is 0.465. The number of rotatable bonds is 7. The molecule has 1 amide bonds. The predicted octanol–water partition coefficient (Wildman–Crippen LogP) is 4.78. The number of nitrogens with zero attached hydrogens (tertiary/aromatic N) is 3. The van der Waals surface area contributed by atoms with E-state index in [0.29, 0.717) is 76.6 Å². The van der Waals surface area contributed by atoms with Crippen molar-refractivity contribution < 1.29 is 33.2 Å². The van der Waals surface area contributed by atoms with Gasteiger partial charge in [-0.15, -0.1) is 0 Å². The van der Waals surface area contributed by atoms with Gasteiger partial charge in [0.05, 0.1) is 51.0 Å². The first-order valence-corrected chi connectivity index (χ1v) is 19.4. The first kappa shape index (κ1) is 37.2. The zero-order valence-electron chi connectivity index (χ0n) is 31.9. The largest absolute Gasteiger partial charge is 0.476 e. The van der Waals surface area contributed by atoms with Crippen LogP contribution in [0.2, 0.25) is 0 Å². The van der Waals surface area contributed by atoms with Crippen LogP contribution in [0.4, 0.5) is 5.69 Å². The lowest BCUT2D eigenvalue weighted by atomic mass is 9.93. The van der Waals surface area contributed by atoms with Gasteiger partial charge >= 0.3 is 0 Å². The van der Waals surface area contributed by atoms with E-state index >= 15 is 0 Å². The number of anilines is 1. The Kier molecular flexibility index (Phi) is 10.9. The van der Waals surface area contributed by atoms with Gasteiger partial charge in [-0.3, -0.25) is 14.4 Å². The lowest BCUT2D eigenvalue weighted by molar-refractivity contribution is -0.117. The Labute approximate surface area is 320 Å². The Hall–Kier alpha value is -4.75. The molecule has 0 spiro atoms.